The van der Waals surface area contributed by atoms with Gasteiger partial charge in [0, 0.05) is 50.5 Å². The van der Waals surface area contributed by atoms with E-state index in [0.29, 0.717) is 17.8 Å². The van der Waals surface area contributed by atoms with Crippen molar-refractivity contribution in [3.05, 3.63) is 29.8 Å². The third-order valence-corrected chi connectivity index (χ3v) is 5.84. The molecular formula is C21H31N5O3. The average Bonchev–Trinajstić information content (AvgIpc) is 2.74. The van der Waals surface area contributed by atoms with Gasteiger partial charge in [-0.1, -0.05) is 0 Å². The number of nitrogens with zero attached hydrogens (tertiary/aromatic N) is 3. The molecule has 2 saturated heterocycles. The third kappa shape index (κ3) is 5.77. The number of piperidine rings is 1. The van der Waals surface area contributed by atoms with E-state index >= 15 is 0 Å². The maximum Gasteiger partial charge on any atom is 0.248 e. The highest BCUT2D eigenvalue weighted by atomic mass is 16.2. The first-order valence-electron chi connectivity index (χ1n) is 10.4. The SMILES string of the molecule is C[C@@H](C(=O)Nc1ccc(C(N)=O)cc1)N1CCN(CC(=O)N2CCCCC2)CC1. The van der Waals surface area contributed by atoms with Crippen molar-refractivity contribution in [2.75, 3.05) is 51.1 Å². The number of hydrogen-bond acceptors (Lipinski definition) is 5. The van der Waals surface area contributed by atoms with Crippen LogP contribution in [0.1, 0.15) is 36.5 Å². The molecule has 2 aliphatic heterocycles. The van der Waals surface area contributed by atoms with Crippen LogP contribution in [0.4, 0.5) is 5.69 Å². The van der Waals surface area contributed by atoms with E-state index in [4.69, 9.17) is 5.73 Å². The molecule has 3 rings (SSSR count). The Bertz CT molecular complexity index is 722. The van der Waals surface area contributed by atoms with Gasteiger partial charge >= 0.3 is 0 Å². The highest BCUT2D eigenvalue weighted by molar-refractivity contribution is 5.96. The number of anilines is 1. The molecule has 29 heavy (non-hydrogen) atoms. The van der Waals surface area contributed by atoms with Gasteiger partial charge in [-0.15, -0.1) is 0 Å². The lowest BCUT2D eigenvalue weighted by atomic mass is 10.1. The van der Waals surface area contributed by atoms with E-state index < -0.39 is 5.91 Å². The summed E-state index contributed by atoms with van der Waals surface area (Å²) in [7, 11) is 0. The van der Waals surface area contributed by atoms with E-state index in [-0.39, 0.29) is 17.9 Å². The summed E-state index contributed by atoms with van der Waals surface area (Å²) < 4.78 is 0. The number of carbonyl (C=O) groups is 3. The number of amides is 3. The van der Waals surface area contributed by atoms with Gasteiger partial charge in [0.1, 0.15) is 0 Å². The zero-order valence-electron chi connectivity index (χ0n) is 17.1. The maximum atomic E-state index is 12.6. The number of nitrogens with two attached hydrogens (primary N) is 1. The Labute approximate surface area is 172 Å². The number of hydrogen-bond donors (Lipinski definition) is 2. The number of carbonyl (C=O) groups excluding carboxylic acids is 3. The molecule has 2 fully saturated rings. The Hall–Kier alpha value is -2.45. The van der Waals surface area contributed by atoms with Crippen molar-refractivity contribution in [3.63, 3.8) is 0 Å². The van der Waals surface area contributed by atoms with Gasteiger partial charge in [-0.05, 0) is 50.5 Å². The number of primary amides is 1. The minimum Gasteiger partial charge on any atom is -0.366 e. The first-order chi connectivity index (χ1) is 13.9. The molecule has 158 valence electrons. The summed E-state index contributed by atoms with van der Waals surface area (Å²) in [4.78, 5) is 42.4. The highest BCUT2D eigenvalue weighted by Gasteiger charge is 2.27. The Morgan fingerprint density at radius 3 is 2.17 bits per heavy atom. The second-order valence-electron chi connectivity index (χ2n) is 7.86. The first-order valence-corrected chi connectivity index (χ1v) is 10.4. The summed E-state index contributed by atoms with van der Waals surface area (Å²) in [5.74, 6) is -0.356. The zero-order valence-corrected chi connectivity index (χ0v) is 17.1. The van der Waals surface area contributed by atoms with Gasteiger partial charge in [0.15, 0.2) is 0 Å². The van der Waals surface area contributed by atoms with Crippen LogP contribution in [-0.4, -0.2) is 84.3 Å². The van der Waals surface area contributed by atoms with Crippen LogP contribution >= 0.6 is 0 Å². The summed E-state index contributed by atoms with van der Waals surface area (Å²) in [6, 6.07) is 6.27. The highest BCUT2D eigenvalue weighted by Crippen LogP contribution is 2.13. The van der Waals surface area contributed by atoms with Crippen LogP contribution < -0.4 is 11.1 Å². The lowest BCUT2D eigenvalue weighted by Gasteiger charge is -2.38. The van der Waals surface area contributed by atoms with Crippen LogP contribution in [0.3, 0.4) is 0 Å². The fourth-order valence-corrected chi connectivity index (χ4v) is 3.87. The van der Waals surface area contributed by atoms with E-state index in [9.17, 15) is 14.4 Å². The molecule has 3 N–H and O–H groups in total. The molecule has 0 saturated carbocycles. The largest absolute Gasteiger partial charge is 0.366 e. The fraction of sp³-hybridized carbons (Fsp3) is 0.571. The Kier molecular flexibility index (Phi) is 7.22. The van der Waals surface area contributed by atoms with Crippen LogP contribution in [0.5, 0.6) is 0 Å². The van der Waals surface area contributed by atoms with Crippen molar-refractivity contribution in [2.45, 2.75) is 32.2 Å². The topological polar surface area (TPSA) is 99.0 Å². The zero-order chi connectivity index (χ0) is 20.8. The lowest BCUT2D eigenvalue weighted by Crippen LogP contribution is -2.54. The third-order valence-electron chi connectivity index (χ3n) is 5.84. The molecule has 0 unspecified atom stereocenters. The van der Waals surface area contributed by atoms with E-state index in [2.05, 4.69) is 15.1 Å². The predicted octanol–water partition coefficient (Wildman–Crippen LogP) is 0.743. The van der Waals surface area contributed by atoms with Gasteiger partial charge in [-0.3, -0.25) is 24.2 Å². The van der Waals surface area contributed by atoms with Crippen molar-refractivity contribution in [1.29, 1.82) is 0 Å². The molecule has 3 amide bonds. The number of nitrogens with one attached hydrogen (secondary N) is 1. The van der Waals surface area contributed by atoms with E-state index in [1.54, 1.807) is 24.3 Å². The molecule has 0 bridgehead atoms. The number of piperazine rings is 1. The van der Waals surface area contributed by atoms with Gasteiger partial charge in [-0.25, -0.2) is 0 Å². The molecule has 0 aliphatic carbocycles. The summed E-state index contributed by atoms with van der Waals surface area (Å²) in [6.45, 7) is 7.20. The minimum absolute atomic E-state index is 0.0883. The molecule has 2 aliphatic rings. The van der Waals surface area contributed by atoms with Gasteiger partial charge in [-0.2, -0.15) is 0 Å². The molecular weight excluding hydrogens is 370 g/mol. The molecule has 1 atom stereocenters. The quantitative estimate of drug-likeness (QED) is 0.733. The van der Waals surface area contributed by atoms with Crippen LogP contribution in [0.25, 0.3) is 0 Å². The molecule has 0 radical (unpaired) electrons. The van der Waals surface area contributed by atoms with Crippen LogP contribution in [0, 0.1) is 0 Å². The van der Waals surface area contributed by atoms with Crippen molar-refractivity contribution in [2.24, 2.45) is 5.73 Å². The van der Waals surface area contributed by atoms with Gasteiger partial charge < -0.3 is 16.0 Å². The van der Waals surface area contributed by atoms with Crippen molar-refractivity contribution < 1.29 is 14.4 Å². The summed E-state index contributed by atoms with van der Waals surface area (Å²) in [5.41, 5.74) is 6.28. The van der Waals surface area contributed by atoms with Crippen LogP contribution in [0.15, 0.2) is 24.3 Å². The Morgan fingerprint density at radius 1 is 0.966 bits per heavy atom. The van der Waals surface area contributed by atoms with Crippen LogP contribution in [-0.2, 0) is 9.59 Å². The predicted molar refractivity (Wildman–Crippen MR) is 111 cm³/mol. The average molecular weight is 402 g/mol. The number of benzene rings is 1. The summed E-state index contributed by atoms with van der Waals surface area (Å²) in [5, 5.41) is 2.88. The summed E-state index contributed by atoms with van der Waals surface area (Å²) in [6.07, 6.45) is 3.44. The molecule has 1 aromatic carbocycles. The molecule has 8 nitrogen and oxygen atoms in total. The first kappa shape index (κ1) is 21.3. The standard InChI is InChI=1S/C21H31N5O3/c1-16(21(29)23-18-7-5-17(6-8-18)20(22)28)25-13-11-24(12-14-25)15-19(27)26-9-3-2-4-10-26/h5-8,16H,2-4,9-15H2,1H3,(H2,22,28)(H,23,29)/t16-/m0/s1. The van der Waals surface area contributed by atoms with Crippen LogP contribution in [0.2, 0.25) is 0 Å². The Balaban J connectivity index is 1.44. The number of rotatable bonds is 6. The van der Waals surface area contributed by atoms with Crippen molar-refractivity contribution in [3.8, 4) is 0 Å². The maximum absolute atomic E-state index is 12.6. The lowest BCUT2D eigenvalue weighted by molar-refractivity contribution is -0.134. The van der Waals surface area contributed by atoms with Gasteiger partial charge in [0.25, 0.3) is 0 Å². The number of likely N-dealkylation sites (tertiary alicyclic amines) is 1. The molecule has 1 aromatic rings. The second-order valence-corrected chi connectivity index (χ2v) is 7.86. The minimum atomic E-state index is -0.493. The van der Waals surface area contributed by atoms with Gasteiger partial charge in [0.05, 0.1) is 12.6 Å². The molecule has 0 aromatic heterocycles. The Morgan fingerprint density at radius 2 is 1.59 bits per heavy atom. The smallest absolute Gasteiger partial charge is 0.248 e. The second kappa shape index (κ2) is 9.84. The van der Waals surface area contributed by atoms with E-state index in [0.717, 1.165) is 52.1 Å². The fourth-order valence-electron chi connectivity index (χ4n) is 3.87. The van der Waals surface area contributed by atoms with Crippen molar-refractivity contribution in [1.82, 2.24) is 14.7 Å². The van der Waals surface area contributed by atoms with E-state index in [1.165, 1.54) is 6.42 Å². The van der Waals surface area contributed by atoms with E-state index in [1.807, 2.05) is 11.8 Å². The van der Waals surface area contributed by atoms with Crippen molar-refractivity contribution >= 4 is 23.4 Å². The summed E-state index contributed by atoms with van der Waals surface area (Å²) >= 11 is 0. The normalized spacial score (nSPS) is 19.6. The molecule has 8 heteroatoms. The monoisotopic (exact) mass is 401 g/mol. The molecule has 2 heterocycles. The van der Waals surface area contributed by atoms with Gasteiger partial charge in [0.2, 0.25) is 17.7 Å². The molecule has 0 spiro atoms.